The summed E-state index contributed by atoms with van der Waals surface area (Å²) in [5, 5.41) is 2.87. The van der Waals surface area contributed by atoms with Crippen LogP contribution in [0.5, 0.6) is 0 Å². The lowest BCUT2D eigenvalue weighted by Gasteiger charge is -2.25. The Balaban J connectivity index is 1.94. The van der Waals surface area contributed by atoms with Gasteiger partial charge < -0.3 is 15.0 Å². The Labute approximate surface area is 142 Å². The van der Waals surface area contributed by atoms with Gasteiger partial charge in [0.25, 0.3) is 5.91 Å². The number of ether oxygens (including phenoxy) is 1. The molecule has 7 nitrogen and oxygen atoms in total. The lowest BCUT2D eigenvalue weighted by Crippen LogP contribution is -2.40. The maximum absolute atomic E-state index is 12.6. The fourth-order valence-corrected chi connectivity index (χ4v) is 2.52. The van der Waals surface area contributed by atoms with Crippen molar-refractivity contribution in [1.29, 1.82) is 0 Å². The normalized spacial score (nSPS) is 17.0. The average molecular weight is 334 g/mol. The molecule has 0 saturated carbocycles. The summed E-state index contributed by atoms with van der Waals surface area (Å²) in [4.78, 5) is 34.2. The van der Waals surface area contributed by atoms with Gasteiger partial charge >= 0.3 is 0 Å². The van der Waals surface area contributed by atoms with Crippen molar-refractivity contribution in [2.24, 2.45) is 5.92 Å². The molecule has 0 radical (unpaired) electrons. The highest BCUT2D eigenvalue weighted by molar-refractivity contribution is 5.92. The van der Waals surface area contributed by atoms with Gasteiger partial charge in [0.15, 0.2) is 0 Å². The van der Waals surface area contributed by atoms with Crippen molar-refractivity contribution in [2.75, 3.05) is 26.2 Å². The van der Waals surface area contributed by atoms with Gasteiger partial charge in [0, 0.05) is 45.1 Å². The molecule has 1 saturated heterocycles. The molecule has 1 atom stereocenters. The number of hydrogen-bond acceptors (Lipinski definition) is 5. The molecule has 1 fully saturated rings. The van der Waals surface area contributed by atoms with Crippen molar-refractivity contribution >= 4 is 11.8 Å². The zero-order valence-electron chi connectivity index (χ0n) is 14.4. The van der Waals surface area contributed by atoms with Crippen LogP contribution in [0.15, 0.2) is 18.6 Å². The van der Waals surface area contributed by atoms with Crippen molar-refractivity contribution in [1.82, 2.24) is 20.2 Å². The molecule has 0 spiro atoms. The van der Waals surface area contributed by atoms with Crippen LogP contribution in [-0.4, -0.2) is 59.0 Å². The third-order valence-electron chi connectivity index (χ3n) is 3.83. The van der Waals surface area contributed by atoms with Crippen LogP contribution in [0, 0.1) is 5.92 Å². The Morgan fingerprint density at radius 2 is 2.25 bits per heavy atom. The second-order valence-corrected chi connectivity index (χ2v) is 6.42. The molecule has 132 valence electrons. The van der Waals surface area contributed by atoms with Gasteiger partial charge in [-0.25, -0.2) is 4.98 Å². The van der Waals surface area contributed by atoms with Gasteiger partial charge in [0.1, 0.15) is 5.69 Å². The summed E-state index contributed by atoms with van der Waals surface area (Å²) in [5.41, 5.74) is 0.290. The molecule has 0 bridgehead atoms. The first kappa shape index (κ1) is 18.3. The Morgan fingerprint density at radius 1 is 1.42 bits per heavy atom. The number of nitrogens with one attached hydrogen (secondary N) is 1. The minimum atomic E-state index is -0.213. The number of nitrogens with zero attached hydrogens (tertiary/aromatic N) is 3. The highest BCUT2D eigenvalue weighted by atomic mass is 16.5. The predicted molar refractivity (Wildman–Crippen MR) is 89.4 cm³/mol. The van der Waals surface area contributed by atoms with Crippen molar-refractivity contribution in [3.63, 3.8) is 0 Å². The predicted octanol–water partition coefficient (Wildman–Crippen LogP) is 1.26. The van der Waals surface area contributed by atoms with E-state index in [1.807, 2.05) is 13.8 Å². The summed E-state index contributed by atoms with van der Waals surface area (Å²) >= 11 is 0. The second kappa shape index (κ2) is 9.32. The van der Waals surface area contributed by atoms with Crippen LogP contribution in [0.3, 0.4) is 0 Å². The van der Waals surface area contributed by atoms with E-state index in [-0.39, 0.29) is 30.0 Å². The summed E-state index contributed by atoms with van der Waals surface area (Å²) in [5.74, 6) is 0.140. The molecule has 1 aromatic heterocycles. The van der Waals surface area contributed by atoms with Crippen LogP contribution in [0.1, 0.15) is 43.6 Å². The average Bonchev–Trinajstić information content (AvgIpc) is 3.10. The van der Waals surface area contributed by atoms with Crippen LogP contribution in [0.2, 0.25) is 0 Å². The van der Waals surface area contributed by atoms with Gasteiger partial charge in [0.05, 0.1) is 12.3 Å². The number of rotatable bonds is 8. The molecular weight excluding hydrogens is 308 g/mol. The standard InChI is InChI=1S/C17H26N4O3/c1-13(2)10-20-16(22)5-8-21(12-14-4-3-9-24-14)17(23)15-11-18-6-7-19-15/h6-7,11,13-14H,3-5,8-10,12H2,1-2H3,(H,20,22)/t14-/m0/s1. The highest BCUT2D eigenvalue weighted by Crippen LogP contribution is 2.15. The van der Waals surface area contributed by atoms with Crippen molar-refractivity contribution in [3.8, 4) is 0 Å². The summed E-state index contributed by atoms with van der Waals surface area (Å²) in [7, 11) is 0. The van der Waals surface area contributed by atoms with Crippen LogP contribution in [0.25, 0.3) is 0 Å². The van der Waals surface area contributed by atoms with Crippen LogP contribution >= 0.6 is 0 Å². The Hall–Kier alpha value is -2.02. The largest absolute Gasteiger partial charge is 0.376 e. The smallest absolute Gasteiger partial charge is 0.274 e. The maximum atomic E-state index is 12.6. The van der Waals surface area contributed by atoms with Gasteiger partial charge in [-0.15, -0.1) is 0 Å². The van der Waals surface area contributed by atoms with Crippen LogP contribution in [0.4, 0.5) is 0 Å². The Kier molecular flexibility index (Phi) is 7.11. The zero-order chi connectivity index (χ0) is 17.4. The topological polar surface area (TPSA) is 84.4 Å². The van der Waals surface area contributed by atoms with E-state index in [9.17, 15) is 9.59 Å². The van der Waals surface area contributed by atoms with Gasteiger partial charge in [-0.05, 0) is 18.8 Å². The van der Waals surface area contributed by atoms with E-state index in [0.29, 0.717) is 25.6 Å². The molecule has 1 aromatic rings. The summed E-state index contributed by atoms with van der Waals surface area (Å²) < 4.78 is 5.62. The number of amides is 2. The molecule has 2 amide bonds. The number of carbonyl (C=O) groups is 2. The molecule has 1 aliphatic heterocycles. The Morgan fingerprint density at radius 3 is 2.88 bits per heavy atom. The van der Waals surface area contributed by atoms with E-state index in [1.54, 1.807) is 4.90 Å². The fraction of sp³-hybridized carbons (Fsp3) is 0.647. The number of hydrogen-bond donors (Lipinski definition) is 1. The second-order valence-electron chi connectivity index (χ2n) is 6.42. The molecule has 1 aliphatic rings. The first-order valence-electron chi connectivity index (χ1n) is 8.50. The summed E-state index contributed by atoms with van der Waals surface area (Å²) in [6.07, 6.45) is 6.71. The Bertz CT molecular complexity index is 530. The van der Waals surface area contributed by atoms with Gasteiger partial charge in [0.2, 0.25) is 5.91 Å². The summed E-state index contributed by atoms with van der Waals surface area (Å²) in [6.45, 7) is 6.28. The van der Waals surface area contributed by atoms with Crippen molar-refractivity contribution < 1.29 is 14.3 Å². The number of carbonyl (C=O) groups excluding carboxylic acids is 2. The molecule has 7 heteroatoms. The molecule has 0 aliphatic carbocycles. The molecule has 0 unspecified atom stereocenters. The van der Waals surface area contributed by atoms with E-state index in [1.165, 1.54) is 18.6 Å². The van der Waals surface area contributed by atoms with Crippen LogP contribution in [-0.2, 0) is 9.53 Å². The van der Waals surface area contributed by atoms with E-state index in [0.717, 1.165) is 19.4 Å². The zero-order valence-corrected chi connectivity index (χ0v) is 14.4. The lowest BCUT2D eigenvalue weighted by atomic mass is 10.2. The van der Waals surface area contributed by atoms with Crippen molar-refractivity contribution in [2.45, 2.75) is 39.2 Å². The monoisotopic (exact) mass is 334 g/mol. The van der Waals surface area contributed by atoms with Gasteiger partial charge in [-0.3, -0.25) is 14.6 Å². The molecular formula is C17H26N4O3. The number of aromatic nitrogens is 2. The first-order chi connectivity index (χ1) is 11.6. The SMILES string of the molecule is CC(C)CNC(=O)CCN(C[C@@H]1CCCO1)C(=O)c1cnccn1. The summed E-state index contributed by atoms with van der Waals surface area (Å²) in [6, 6.07) is 0. The first-order valence-corrected chi connectivity index (χ1v) is 8.50. The fourth-order valence-electron chi connectivity index (χ4n) is 2.52. The van der Waals surface area contributed by atoms with Crippen LogP contribution < -0.4 is 5.32 Å². The quantitative estimate of drug-likeness (QED) is 0.774. The van der Waals surface area contributed by atoms with Gasteiger partial charge in [-0.2, -0.15) is 0 Å². The van der Waals surface area contributed by atoms with E-state index in [4.69, 9.17) is 4.74 Å². The third kappa shape index (κ3) is 5.88. The maximum Gasteiger partial charge on any atom is 0.274 e. The van der Waals surface area contributed by atoms with E-state index >= 15 is 0 Å². The minimum Gasteiger partial charge on any atom is -0.376 e. The van der Waals surface area contributed by atoms with Crippen molar-refractivity contribution in [3.05, 3.63) is 24.3 Å². The van der Waals surface area contributed by atoms with Gasteiger partial charge in [-0.1, -0.05) is 13.8 Å². The molecule has 2 rings (SSSR count). The minimum absolute atomic E-state index is 0.0318. The lowest BCUT2D eigenvalue weighted by molar-refractivity contribution is -0.121. The molecule has 24 heavy (non-hydrogen) atoms. The molecule has 0 aromatic carbocycles. The highest BCUT2D eigenvalue weighted by Gasteiger charge is 2.24. The third-order valence-corrected chi connectivity index (χ3v) is 3.83. The van der Waals surface area contributed by atoms with E-state index in [2.05, 4.69) is 15.3 Å². The molecule has 1 N–H and O–H groups in total. The molecule has 2 heterocycles. The van der Waals surface area contributed by atoms with E-state index < -0.39 is 0 Å².